The Morgan fingerprint density at radius 3 is 2.63 bits per heavy atom. The molecule has 3 fully saturated rings. The normalized spacial score (nSPS) is 29.0. The highest BCUT2D eigenvalue weighted by Crippen LogP contribution is 2.42. The monoisotopic (exact) mass is 487 g/mol. The van der Waals surface area contributed by atoms with Crippen molar-refractivity contribution in [3.05, 3.63) is 24.2 Å². The Kier molecular flexibility index (Phi) is 8.30. The molecule has 1 aromatic rings. The molecule has 3 unspecified atom stereocenters. The Morgan fingerprint density at radius 2 is 1.81 bits per heavy atom. The molecule has 0 aromatic carbocycles. The number of guanidine groups is 1. The van der Waals surface area contributed by atoms with Crippen LogP contribution in [0.3, 0.4) is 0 Å². The van der Waals surface area contributed by atoms with Gasteiger partial charge in [0.2, 0.25) is 0 Å². The fourth-order valence-corrected chi connectivity index (χ4v) is 4.93. The zero-order valence-electron chi connectivity index (χ0n) is 16.2. The van der Waals surface area contributed by atoms with Crippen LogP contribution in [0.4, 0.5) is 0 Å². The van der Waals surface area contributed by atoms with Gasteiger partial charge in [-0.2, -0.15) is 0 Å². The Balaban J connectivity index is 0.00000210. The summed E-state index contributed by atoms with van der Waals surface area (Å²) in [6, 6.07) is 5.01. The second-order valence-electron chi connectivity index (χ2n) is 8.20. The molecule has 0 radical (unpaired) electrons. The number of hydrogen-bond donors (Lipinski definition) is 2. The maximum absolute atomic E-state index is 5.50. The predicted molar refractivity (Wildman–Crippen MR) is 119 cm³/mol. The molecule has 1 aliphatic heterocycles. The average Bonchev–Trinajstić information content (AvgIpc) is 3.33. The van der Waals surface area contributed by atoms with Gasteiger partial charge >= 0.3 is 0 Å². The van der Waals surface area contributed by atoms with E-state index in [1.54, 1.807) is 6.26 Å². The second kappa shape index (κ2) is 10.7. The van der Waals surface area contributed by atoms with Gasteiger partial charge in [0.15, 0.2) is 5.96 Å². The van der Waals surface area contributed by atoms with E-state index in [0.717, 1.165) is 62.6 Å². The van der Waals surface area contributed by atoms with Gasteiger partial charge in [0, 0.05) is 38.3 Å². The molecule has 4 rings (SSSR count). The first-order chi connectivity index (χ1) is 12.9. The zero-order valence-corrected chi connectivity index (χ0v) is 18.5. The molecular weight excluding hydrogens is 453 g/mol. The lowest BCUT2D eigenvalue weighted by Gasteiger charge is -2.34. The summed E-state index contributed by atoms with van der Waals surface area (Å²) in [5, 5.41) is 7.43. The number of nitrogens with zero attached hydrogens (tertiary/aromatic N) is 1. The molecule has 2 N–H and O–H groups in total. The molecule has 0 bridgehead atoms. The zero-order chi connectivity index (χ0) is 17.6. The lowest BCUT2D eigenvalue weighted by molar-refractivity contribution is 0.0821. The van der Waals surface area contributed by atoms with Crippen molar-refractivity contribution in [3.8, 4) is 0 Å². The third kappa shape index (κ3) is 6.11. The minimum atomic E-state index is 0. The van der Waals surface area contributed by atoms with Gasteiger partial charge in [-0.05, 0) is 56.1 Å². The van der Waals surface area contributed by atoms with Gasteiger partial charge in [-0.3, -0.25) is 4.99 Å². The van der Waals surface area contributed by atoms with Crippen LogP contribution < -0.4 is 10.6 Å². The summed E-state index contributed by atoms with van der Waals surface area (Å²) < 4.78 is 10.9. The van der Waals surface area contributed by atoms with Crippen molar-refractivity contribution in [2.45, 2.75) is 69.9 Å². The lowest BCUT2D eigenvalue weighted by Crippen LogP contribution is -2.50. The molecule has 2 aliphatic carbocycles. The van der Waals surface area contributed by atoms with Crippen molar-refractivity contribution < 1.29 is 9.15 Å². The summed E-state index contributed by atoms with van der Waals surface area (Å²) in [6.45, 7) is 2.46. The molecular formula is C21H34IN3O2. The van der Waals surface area contributed by atoms with Crippen LogP contribution in [-0.2, 0) is 11.2 Å². The minimum absolute atomic E-state index is 0. The van der Waals surface area contributed by atoms with Crippen LogP contribution in [0, 0.1) is 11.8 Å². The van der Waals surface area contributed by atoms with Crippen molar-refractivity contribution in [1.82, 2.24) is 10.6 Å². The molecule has 0 amide bonds. The molecule has 1 aromatic heterocycles. The highest BCUT2D eigenvalue weighted by atomic mass is 127. The molecule has 2 heterocycles. The number of furan rings is 1. The Bertz CT molecular complexity index is 572. The van der Waals surface area contributed by atoms with Crippen LogP contribution >= 0.6 is 24.0 Å². The third-order valence-corrected chi connectivity index (χ3v) is 6.40. The summed E-state index contributed by atoms with van der Waals surface area (Å²) in [4.78, 5) is 4.87. The first-order valence-corrected chi connectivity index (χ1v) is 10.5. The summed E-state index contributed by atoms with van der Waals surface area (Å²) >= 11 is 0. The highest BCUT2D eigenvalue weighted by Gasteiger charge is 2.34. The van der Waals surface area contributed by atoms with Crippen LogP contribution in [0.25, 0.3) is 0 Å². The molecule has 5 nitrogen and oxygen atoms in total. The van der Waals surface area contributed by atoms with Crippen molar-refractivity contribution in [1.29, 1.82) is 0 Å². The SMILES string of the molecule is I.c1coc(CCN=C(NC2CCOCC2)NC2CCC3CCCC3C2)c1. The molecule has 3 atom stereocenters. The molecule has 3 aliphatic rings. The molecule has 1 saturated heterocycles. The number of aliphatic imine (C=N–C) groups is 1. The van der Waals surface area contributed by atoms with E-state index in [9.17, 15) is 0 Å². The van der Waals surface area contributed by atoms with Gasteiger partial charge in [-0.15, -0.1) is 24.0 Å². The van der Waals surface area contributed by atoms with E-state index in [0.29, 0.717) is 12.1 Å². The minimum Gasteiger partial charge on any atom is -0.469 e. The number of halogens is 1. The number of fused-ring (bicyclic) bond motifs is 1. The number of rotatable bonds is 5. The van der Waals surface area contributed by atoms with Crippen LogP contribution in [0.15, 0.2) is 27.8 Å². The van der Waals surface area contributed by atoms with Crippen molar-refractivity contribution >= 4 is 29.9 Å². The van der Waals surface area contributed by atoms with E-state index < -0.39 is 0 Å². The van der Waals surface area contributed by atoms with Crippen molar-refractivity contribution in [3.63, 3.8) is 0 Å². The van der Waals surface area contributed by atoms with Gasteiger partial charge in [0.25, 0.3) is 0 Å². The fraction of sp³-hybridized carbons (Fsp3) is 0.762. The van der Waals surface area contributed by atoms with Crippen LogP contribution in [-0.4, -0.2) is 37.8 Å². The van der Waals surface area contributed by atoms with E-state index in [1.807, 2.05) is 12.1 Å². The molecule has 0 spiro atoms. The smallest absolute Gasteiger partial charge is 0.191 e. The van der Waals surface area contributed by atoms with Crippen molar-refractivity contribution in [2.24, 2.45) is 16.8 Å². The molecule has 152 valence electrons. The molecule has 6 heteroatoms. The highest BCUT2D eigenvalue weighted by molar-refractivity contribution is 14.0. The van der Waals surface area contributed by atoms with E-state index in [2.05, 4.69) is 10.6 Å². The largest absolute Gasteiger partial charge is 0.469 e. The number of nitrogens with one attached hydrogen (secondary N) is 2. The Hall–Kier alpha value is -0.760. The van der Waals surface area contributed by atoms with Gasteiger partial charge in [-0.25, -0.2) is 0 Å². The van der Waals surface area contributed by atoms with Gasteiger partial charge in [0.05, 0.1) is 6.26 Å². The third-order valence-electron chi connectivity index (χ3n) is 6.40. The van der Waals surface area contributed by atoms with Crippen LogP contribution in [0.1, 0.15) is 57.1 Å². The van der Waals surface area contributed by atoms with E-state index >= 15 is 0 Å². The average molecular weight is 487 g/mol. The topological polar surface area (TPSA) is 58.8 Å². The number of hydrogen-bond acceptors (Lipinski definition) is 3. The number of ether oxygens (including phenoxy) is 1. The lowest BCUT2D eigenvalue weighted by atomic mass is 9.79. The first kappa shape index (κ1) is 21.0. The maximum atomic E-state index is 5.50. The van der Waals surface area contributed by atoms with Crippen LogP contribution in [0.2, 0.25) is 0 Å². The second-order valence-corrected chi connectivity index (χ2v) is 8.20. The summed E-state index contributed by atoms with van der Waals surface area (Å²) in [6.07, 6.45) is 13.0. The summed E-state index contributed by atoms with van der Waals surface area (Å²) in [7, 11) is 0. The predicted octanol–water partition coefficient (Wildman–Crippen LogP) is 4.12. The Labute approximate surface area is 180 Å². The quantitative estimate of drug-likeness (QED) is 0.373. The van der Waals surface area contributed by atoms with Gasteiger partial charge in [-0.1, -0.05) is 19.3 Å². The first-order valence-electron chi connectivity index (χ1n) is 10.5. The molecule has 2 saturated carbocycles. The molecule has 27 heavy (non-hydrogen) atoms. The summed E-state index contributed by atoms with van der Waals surface area (Å²) in [5.74, 6) is 3.93. The standard InChI is InChI=1S/C21H33N3O2.HI/c1-3-16-6-7-19(15-17(16)4-1)24-21(23-18-9-13-25-14-10-18)22-11-8-20-5-2-12-26-20;/h2,5,12,16-19H,1,3-4,6-11,13-15H2,(H2,22,23,24);1H. The van der Waals surface area contributed by atoms with E-state index in [1.165, 1.54) is 38.5 Å². The van der Waals surface area contributed by atoms with Gasteiger partial charge in [0.1, 0.15) is 5.76 Å². The van der Waals surface area contributed by atoms with E-state index in [-0.39, 0.29) is 24.0 Å². The summed E-state index contributed by atoms with van der Waals surface area (Å²) in [5.41, 5.74) is 0. The maximum Gasteiger partial charge on any atom is 0.191 e. The van der Waals surface area contributed by atoms with Crippen LogP contribution in [0.5, 0.6) is 0 Å². The van der Waals surface area contributed by atoms with Gasteiger partial charge < -0.3 is 19.8 Å². The Morgan fingerprint density at radius 1 is 1.00 bits per heavy atom. The van der Waals surface area contributed by atoms with E-state index in [4.69, 9.17) is 14.1 Å². The fourth-order valence-electron chi connectivity index (χ4n) is 4.93. The van der Waals surface area contributed by atoms with Crippen molar-refractivity contribution in [2.75, 3.05) is 19.8 Å².